The van der Waals surface area contributed by atoms with Crippen molar-refractivity contribution in [2.75, 3.05) is 13.7 Å². The Morgan fingerprint density at radius 3 is 2.21 bits per heavy atom. The SMILES string of the molecule is COC(=O)C1C(O)C(O)C2C(C)C(C(C)/C=C/C(C)O)C(C(=O)OC3C(CO)OC(O)C(O)C3O)C=CC12. The number of hydrogen-bond donors (Lipinski definition) is 7. The summed E-state index contributed by atoms with van der Waals surface area (Å²) in [5, 5.41) is 71.3. The molecule has 0 amide bonds. The third-order valence-electron chi connectivity index (χ3n) is 8.28. The average molecular weight is 545 g/mol. The lowest BCUT2D eigenvalue weighted by Crippen LogP contribution is -2.60. The van der Waals surface area contributed by atoms with Crippen LogP contribution in [0.4, 0.5) is 0 Å². The minimum Gasteiger partial charge on any atom is -0.469 e. The predicted molar refractivity (Wildman–Crippen MR) is 130 cm³/mol. The molecule has 0 spiro atoms. The molecule has 0 radical (unpaired) electrons. The topological polar surface area (TPSA) is 203 Å². The van der Waals surface area contributed by atoms with Crippen LogP contribution in [0.3, 0.4) is 0 Å². The Kier molecular flexibility index (Phi) is 10.1. The van der Waals surface area contributed by atoms with Crippen molar-refractivity contribution >= 4 is 11.9 Å². The van der Waals surface area contributed by atoms with Crippen molar-refractivity contribution in [2.45, 2.75) is 69.8 Å². The Bertz CT molecular complexity index is 887. The van der Waals surface area contributed by atoms with Gasteiger partial charge in [-0.25, -0.2) is 0 Å². The van der Waals surface area contributed by atoms with Gasteiger partial charge in [0.25, 0.3) is 0 Å². The van der Waals surface area contributed by atoms with Crippen molar-refractivity contribution in [3.8, 4) is 0 Å². The molecule has 0 aromatic carbocycles. The molecular formula is C26H40O12. The van der Waals surface area contributed by atoms with E-state index in [1.54, 1.807) is 32.1 Å². The molecule has 1 saturated heterocycles. The van der Waals surface area contributed by atoms with Crippen LogP contribution in [-0.2, 0) is 23.8 Å². The van der Waals surface area contributed by atoms with E-state index < -0.39 is 103 Å². The van der Waals surface area contributed by atoms with E-state index in [4.69, 9.17) is 14.2 Å². The van der Waals surface area contributed by atoms with E-state index >= 15 is 0 Å². The first-order valence-electron chi connectivity index (χ1n) is 12.8. The molecule has 38 heavy (non-hydrogen) atoms. The lowest BCUT2D eigenvalue weighted by atomic mass is 9.68. The van der Waals surface area contributed by atoms with E-state index in [-0.39, 0.29) is 5.92 Å². The molecule has 2 fully saturated rings. The van der Waals surface area contributed by atoms with E-state index in [9.17, 15) is 45.3 Å². The number of aliphatic hydroxyl groups excluding tert-OH is 7. The maximum Gasteiger partial charge on any atom is 0.313 e. The zero-order chi connectivity index (χ0) is 28.5. The minimum atomic E-state index is -1.78. The van der Waals surface area contributed by atoms with Crippen molar-refractivity contribution in [3.05, 3.63) is 24.3 Å². The van der Waals surface area contributed by atoms with E-state index in [1.807, 2.05) is 6.92 Å². The van der Waals surface area contributed by atoms with Gasteiger partial charge in [-0.15, -0.1) is 0 Å². The van der Waals surface area contributed by atoms with Gasteiger partial charge in [-0.1, -0.05) is 38.2 Å². The van der Waals surface area contributed by atoms with Gasteiger partial charge in [0.05, 0.1) is 43.9 Å². The number of fused-ring (bicyclic) bond motifs is 1. The molecule has 1 aliphatic heterocycles. The predicted octanol–water partition coefficient (Wildman–Crippen LogP) is -1.90. The summed E-state index contributed by atoms with van der Waals surface area (Å²) in [7, 11) is 1.19. The number of carbonyl (C=O) groups excluding carboxylic acids is 2. The second-order valence-electron chi connectivity index (χ2n) is 10.6. The first-order valence-corrected chi connectivity index (χ1v) is 12.8. The fraction of sp³-hybridized carbons (Fsp3) is 0.769. The molecule has 15 atom stereocenters. The summed E-state index contributed by atoms with van der Waals surface area (Å²) >= 11 is 0. The molecule has 1 heterocycles. The highest BCUT2D eigenvalue weighted by atomic mass is 16.7. The summed E-state index contributed by atoms with van der Waals surface area (Å²) < 4.78 is 15.5. The van der Waals surface area contributed by atoms with Crippen LogP contribution in [0.15, 0.2) is 24.3 Å². The van der Waals surface area contributed by atoms with Crippen LogP contribution in [0.25, 0.3) is 0 Å². The first-order chi connectivity index (χ1) is 17.8. The van der Waals surface area contributed by atoms with Gasteiger partial charge >= 0.3 is 11.9 Å². The van der Waals surface area contributed by atoms with E-state index in [0.29, 0.717) is 0 Å². The van der Waals surface area contributed by atoms with Gasteiger partial charge in [-0.05, 0) is 36.5 Å². The minimum absolute atomic E-state index is 0.365. The number of allylic oxidation sites excluding steroid dienone is 2. The van der Waals surface area contributed by atoms with Crippen molar-refractivity contribution in [2.24, 2.45) is 41.4 Å². The molecule has 1 saturated carbocycles. The summed E-state index contributed by atoms with van der Waals surface area (Å²) in [6, 6.07) is 0. The monoisotopic (exact) mass is 544 g/mol. The molecular weight excluding hydrogens is 504 g/mol. The molecule has 12 heteroatoms. The summed E-state index contributed by atoms with van der Waals surface area (Å²) in [4.78, 5) is 26.1. The van der Waals surface area contributed by atoms with Gasteiger partial charge in [0.1, 0.15) is 18.3 Å². The van der Waals surface area contributed by atoms with Crippen LogP contribution in [0.2, 0.25) is 0 Å². The normalized spacial score (nSPS) is 44.8. The van der Waals surface area contributed by atoms with Gasteiger partial charge in [0.2, 0.25) is 0 Å². The smallest absolute Gasteiger partial charge is 0.313 e. The van der Waals surface area contributed by atoms with Crippen LogP contribution >= 0.6 is 0 Å². The molecule has 15 unspecified atom stereocenters. The van der Waals surface area contributed by atoms with E-state index in [2.05, 4.69) is 0 Å². The number of rotatable bonds is 7. The molecule has 12 nitrogen and oxygen atoms in total. The summed E-state index contributed by atoms with van der Waals surface area (Å²) in [5.41, 5.74) is 0. The quantitative estimate of drug-likeness (QED) is 0.139. The lowest BCUT2D eigenvalue weighted by Gasteiger charge is -2.41. The number of carbonyl (C=O) groups is 2. The average Bonchev–Trinajstić information content (AvgIpc) is 3.02. The molecule has 7 N–H and O–H groups in total. The number of hydrogen-bond acceptors (Lipinski definition) is 12. The van der Waals surface area contributed by atoms with Gasteiger partial charge in [-0.2, -0.15) is 0 Å². The largest absolute Gasteiger partial charge is 0.469 e. The highest BCUT2D eigenvalue weighted by Gasteiger charge is 2.57. The molecule has 0 aromatic rings. The summed E-state index contributed by atoms with van der Waals surface area (Å²) in [6.45, 7) is 4.48. The number of ether oxygens (including phenoxy) is 3. The van der Waals surface area contributed by atoms with Crippen molar-refractivity contribution in [1.29, 1.82) is 0 Å². The number of aliphatic hydroxyl groups is 7. The summed E-state index contributed by atoms with van der Waals surface area (Å²) in [6.07, 6.45) is -5.08. The van der Waals surface area contributed by atoms with Gasteiger partial charge in [0, 0.05) is 0 Å². The number of methoxy groups -OCH3 is 1. The third kappa shape index (κ3) is 5.82. The fourth-order valence-corrected chi connectivity index (χ4v) is 6.37. The fourth-order valence-electron chi connectivity index (χ4n) is 6.37. The van der Waals surface area contributed by atoms with Crippen molar-refractivity contribution < 1.29 is 59.5 Å². The lowest BCUT2D eigenvalue weighted by molar-refractivity contribution is -0.290. The standard InChI is InChI=1S/C26H40O12/c1-10(5-6-11(2)28)16-12(3)17-13(18(25(34)36-4)20(30)19(17)29)7-8-14(16)24(33)38-23-15(9-27)37-26(35)22(32)21(23)31/h5-8,10-23,26-32,35H,9H2,1-4H3/b6-5+. The molecule has 3 aliphatic rings. The van der Waals surface area contributed by atoms with Crippen LogP contribution in [-0.4, -0.2) is 110 Å². The molecule has 0 aromatic heterocycles. The molecule has 2 aliphatic carbocycles. The molecule has 0 bridgehead atoms. The Morgan fingerprint density at radius 2 is 1.63 bits per heavy atom. The Labute approximate surface area is 221 Å². The maximum atomic E-state index is 13.6. The maximum absolute atomic E-state index is 13.6. The highest BCUT2D eigenvalue weighted by Crippen LogP contribution is 2.50. The van der Waals surface area contributed by atoms with E-state index in [0.717, 1.165) is 0 Å². The van der Waals surface area contributed by atoms with E-state index in [1.165, 1.54) is 13.2 Å². The second-order valence-corrected chi connectivity index (χ2v) is 10.6. The summed E-state index contributed by atoms with van der Waals surface area (Å²) in [5.74, 6) is -6.22. The zero-order valence-electron chi connectivity index (χ0n) is 21.8. The van der Waals surface area contributed by atoms with Gasteiger partial charge < -0.3 is 50.0 Å². The Balaban J connectivity index is 2.00. The zero-order valence-corrected chi connectivity index (χ0v) is 21.8. The van der Waals surface area contributed by atoms with Crippen LogP contribution < -0.4 is 0 Å². The highest BCUT2D eigenvalue weighted by molar-refractivity contribution is 5.76. The molecule has 216 valence electrons. The van der Waals surface area contributed by atoms with Crippen LogP contribution in [0, 0.1) is 41.4 Å². The van der Waals surface area contributed by atoms with Crippen molar-refractivity contribution in [3.63, 3.8) is 0 Å². The molecule has 3 rings (SSSR count). The van der Waals surface area contributed by atoms with Crippen LogP contribution in [0.5, 0.6) is 0 Å². The van der Waals surface area contributed by atoms with Crippen LogP contribution in [0.1, 0.15) is 20.8 Å². The Morgan fingerprint density at radius 1 is 0.974 bits per heavy atom. The van der Waals surface area contributed by atoms with Gasteiger partial charge in [0.15, 0.2) is 12.4 Å². The van der Waals surface area contributed by atoms with Crippen molar-refractivity contribution in [1.82, 2.24) is 0 Å². The Hall–Kier alpha value is -1.90. The second kappa shape index (κ2) is 12.5. The third-order valence-corrected chi connectivity index (χ3v) is 8.28. The first kappa shape index (κ1) is 30.6. The van der Waals surface area contributed by atoms with Gasteiger partial charge in [-0.3, -0.25) is 9.59 Å². The number of esters is 2.